The highest BCUT2D eigenvalue weighted by Gasteiger charge is 2.20. The van der Waals surface area contributed by atoms with Crippen molar-refractivity contribution < 1.29 is 0 Å². The van der Waals surface area contributed by atoms with Crippen molar-refractivity contribution in [1.29, 1.82) is 0 Å². The standard InChI is InChI=1S/C18H23ClN2/c1-13-7-9-21(10-8-13)18-6-5-16(20)12-17(18)14-3-2-4-15(19)11-14/h3-6,12-13H,2,7-11,20H2,1H3. The van der Waals surface area contributed by atoms with Gasteiger partial charge >= 0.3 is 0 Å². The largest absolute Gasteiger partial charge is 0.399 e. The average molecular weight is 303 g/mol. The molecule has 2 aliphatic rings. The molecule has 2 N–H and O–H groups in total. The summed E-state index contributed by atoms with van der Waals surface area (Å²) in [5.41, 5.74) is 10.7. The van der Waals surface area contributed by atoms with E-state index in [1.165, 1.54) is 29.7 Å². The number of nitrogens with zero attached hydrogens (tertiary/aromatic N) is 1. The molecule has 1 heterocycles. The van der Waals surface area contributed by atoms with Crippen LogP contribution in [0.2, 0.25) is 0 Å². The lowest BCUT2D eigenvalue weighted by molar-refractivity contribution is 0.438. The zero-order valence-corrected chi connectivity index (χ0v) is 13.4. The van der Waals surface area contributed by atoms with Crippen molar-refractivity contribution in [1.82, 2.24) is 0 Å². The number of nitrogens with two attached hydrogens (primary N) is 1. The van der Waals surface area contributed by atoms with Crippen molar-refractivity contribution in [3.05, 3.63) is 40.9 Å². The zero-order chi connectivity index (χ0) is 14.8. The second-order valence-corrected chi connectivity index (χ2v) is 6.72. The molecule has 3 rings (SSSR count). The average Bonchev–Trinajstić information content (AvgIpc) is 2.48. The normalized spacial score (nSPS) is 20.2. The number of allylic oxidation sites excluding steroid dienone is 4. The Morgan fingerprint density at radius 2 is 1.95 bits per heavy atom. The molecule has 1 aliphatic heterocycles. The summed E-state index contributed by atoms with van der Waals surface area (Å²) in [5.74, 6) is 0.838. The first kappa shape index (κ1) is 14.5. The second-order valence-electron chi connectivity index (χ2n) is 6.24. The topological polar surface area (TPSA) is 29.3 Å². The molecule has 1 aliphatic carbocycles. The summed E-state index contributed by atoms with van der Waals surface area (Å²) in [5, 5.41) is 0.938. The van der Waals surface area contributed by atoms with E-state index in [1.807, 2.05) is 6.07 Å². The van der Waals surface area contributed by atoms with Crippen LogP contribution in [0.3, 0.4) is 0 Å². The van der Waals surface area contributed by atoms with Crippen LogP contribution >= 0.6 is 11.6 Å². The molecule has 1 aromatic rings. The van der Waals surface area contributed by atoms with Crippen molar-refractivity contribution in [2.24, 2.45) is 5.92 Å². The van der Waals surface area contributed by atoms with Gasteiger partial charge in [-0.2, -0.15) is 0 Å². The van der Waals surface area contributed by atoms with Crippen molar-refractivity contribution in [2.45, 2.75) is 32.6 Å². The predicted octanol–water partition coefficient (Wildman–Crippen LogP) is 4.81. The van der Waals surface area contributed by atoms with Crippen molar-refractivity contribution in [3.8, 4) is 0 Å². The first-order chi connectivity index (χ1) is 10.1. The molecule has 0 amide bonds. The van der Waals surface area contributed by atoms with Crippen LogP contribution in [-0.2, 0) is 0 Å². The van der Waals surface area contributed by atoms with Gasteiger partial charge in [-0.3, -0.25) is 0 Å². The van der Waals surface area contributed by atoms with Crippen LogP contribution in [0, 0.1) is 5.92 Å². The third-order valence-electron chi connectivity index (χ3n) is 4.55. The summed E-state index contributed by atoms with van der Waals surface area (Å²) in [4.78, 5) is 2.50. The molecule has 3 heteroatoms. The highest BCUT2D eigenvalue weighted by Crippen LogP contribution is 2.37. The minimum Gasteiger partial charge on any atom is -0.399 e. The molecule has 0 radical (unpaired) electrons. The summed E-state index contributed by atoms with van der Waals surface area (Å²) in [7, 11) is 0. The fourth-order valence-corrected chi connectivity index (χ4v) is 3.43. The van der Waals surface area contributed by atoms with Crippen molar-refractivity contribution >= 4 is 28.5 Å². The molecule has 0 atom stereocenters. The van der Waals surface area contributed by atoms with Gasteiger partial charge in [0.15, 0.2) is 0 Å². The van der Waals surface area contributed by atoms with Crippen LogP contribution in [0.4, 0.5) is 11.4 Å². The van der Waals surface area contributed by atoms with Crippen molar-refractivity contribution in [2.75, 3.05) is 23.7 Å². The van der Waals surface area contributed by atoms with Gasteiger partial charge in [0.25, 0.3) is 0 Å². The highest BCUT2D eigenvalue weighted by atomic mass is 35.5. The van der Waals surface area contributed by atoms with Gasteiger partial charge in [-0.25, -0.2) is 0 Å². The summed E-state index contributed by atoms with van der Waals surface area (Å²) >= 11 is 6.23. The first-order valence-corrected chi connectivity index (χ1v) is 8.19. The van der Waals surface area contributed by atoms with Crippen LogP contribution in [0.25, 0.3) is 5.57 Å². The lowest BCUT2D eigenvalue weighted by atomic mass is 9.93. The lowest BCUT2D eigenvalue weighted by Crippen LogP contribution is -2.33. The Balaban J connectivity index is 1.92. The van der Waals surface area contributed by atoms with E-state index < -0.39 is 0 Å². The molecule has 2 nitrogen and oxygen atoms in total. The number of piperidine rings is 1. The lowest BCUT2D eigenvalue weighted by Gasteiger charge is -2.34. The van der Waals surface area contributed by atoms with Gasteiger partial charge in [-0.1, -0.05) is 30.7 Å². The van der Waals surface area contributed by atoms with Crippen LogP contribution in [-0.4, -0.2) is 13.1 Å². The van der Waals surface area contributed by atoms with E-state index in [2.05, 4.69) is 36.1 Å². The molecule has 112 valence electrons. The maximum atomic E-state index is 6.23. The minimum absolute atomic E-state index is 0.822. The van der Waals surface area contributed by atoms with Crippen LogP contribution in [0.15, 0.2) is 35.4 Å². The molecule has 0 spiro atoms. The van der Waals surface area contributed by atoms with Crippen LogP contribution < -0.4 is 10.6 Å². The highest BCUT2D eigenvalue weighted by molar-refractivity contribution is 6.30. The Morgan fingerprint density at radius 1 is 1.19 bits per heavy atom. The fraction of sp³-hybridized carbons (Fsp3) is 0.444. The van der Waals surface area contributed by atoms with Gasteiger partial charge in [0, 0.05) is 41.5 Å². The smallest absolute Gasteiger partial charge is 0.0444 e. The number of anilines is 2. The van der Waals surface area contributed by atoms with Gasteiger partial charge in [-0.05, 0) is 49.0 Å². The fourth-order valence-electron chi connectivity index (χ4n) is 3.20. The first-order valence-electron chi connectivity index (χ1n) is 7.82. The predicted molar refractivity (Wildman–Crippen MR) is 92.6 cm³/mol. The molecule has 0 bridgehead atoms. The zero-order valence-electron chi connectivity index (χ0n) is 12.6. The van der Waals surface area contributed by atoms with E-state index in [4.69, 9.17) is 17.3 Å². The molecule has 0 aromatic heterocycles. The molecule has 21 heavy (non-hydrogen) atoms. The molecular formula is C18H23ClN2. The van der Waals surface area contributed by atoms with Gasteiger partial charge in [-0.15, -0.1) is 0 Å². The monoisotopic (exact) mass is 302 g/mol. The number of benzene rings is 1. The third kappa shape index (κ3) is 3.26. The van der Waals surface area contributed by atoms with E-state index in [0.29, 0.717) is 0 Å². The van der Waals surface area contributed by atoms with E-state index >= 15 is 0 Å². The Labute approximate surface area is 132 Å². The Morgan fingerprint density at radius 3 is 2.67 bits per heavy atom. The van der Waals surface area contributed by atoms with Gasteiger partial charge in [0.1, 0.15) is 0 Å². The maximum Gasteiger partial charge on any atom is 0.0444 e. The summed E-state index contributed by atoms with van der Waals surface area (Å²) < 4.78 is 0. The maximum absolute atomic E-state index is 6.23. The van der Waals surface area contributed by atoms with Crippen LogP contribution in [0.5, 0.6) is 0 Å². The van der Waals surface area contributed by atoms with Gasteiger partial charge in [0.05, 0.1) is 0 Å². The Kier molecular flexibility index (Phi) is 4.25. The van der Waals surface area contributed by atoms with E-state index in [9.17, 15) is 0 Å². The summed E-state index contributed by atoms with van der Waals surface area (Å²) in [6.45, 7) is 4.61. The molecule has 0 unspecified atom stereocenters. The second kappa shape index (κ2) is 6.15. The number of hydrogen-bond donors (Lipinski definition) is 1. The molecular weight excluding hydrogens is 280 g/mol. The van der Waals surface area contributed by atoms with E-state index in [1.54, 1.807) is 0 Å². The van der Waals surface area contributed by atoms with Crippen molar-refractivity contribution in [3.63, 3.8) is 0 Å². The number of halogens is 1. The molecule has 0 saturated carbocycles. The van der Waals surface area contributed by atoms with Crippen LogP contribution in [0.1, 0.15) is 38.2 Å². The Hall–Kier alpha value is -1.41. The van der Waals surface area contributed by atoms with E-state index in [-0.39, 0.29) is 0 Å². The SMILES string of the molecule is CC1CCN(c2ccc(N)cc2C2=CCC=C(Cl)C2)CC1. The summed E-state index contributed by atoms with van der Waals surface area (Å²) in [6.07, 6.45) is 8.63. The minimum atomic E-state index is 0.822. The summed E-state index contributed by atoms with van der Waals surface area (Å²) in [6, 6.07) is 6.29. The van der Waals surface area contributed by atoms with Gasteiger partial charge in [0.2, 0.25) is 0 Å². The number of rotatable bonds is 2. The van der Waals surface area contributed by atoms with Gasteiger partial charge < -0.3 is 10.6 Å². The van der Waals surface area contributed by atoms with E-state index in [0.717, 1.165) is 42.6 Å². The Bertz CT molecular complexity index is 581. The molecule has 1 fully saturated rings. The third-order valence-corrected chi connectivity index (χ3v) is 4.84. The number of nitrogen functional groups attached to an aromatic ring is 1. The quantitative estimate of drug-likeness (QED) is 0.795. The molecule has 1 aromatic carbocycles. The molecule has 1 saturated heterocycles. The number of hydrogen-bond acceptors (Lipinski definition) is 2.